The normalized spacial score (nSPS) is 30.8. The molecule has 19 heavy (non-hydrogen) atoms. The largest absolute Gasteiger partial charge is 0.353 e. The molecule has 3 rings (SSSR count). The van der Waals surface area contributed by atoms with E-state index in [1.165, 1.54) is 32.1 Å². The summed E-state index contributed by atoms with van der Waals surface area (Å²) in [5.74, 6) is 0.146. The molecule has 0 radical (unpaired) electrons. The number of rotatable bonds is 3. The predicted molar refractivity (Wildman–Crippen MR) is 71.6 cm³/mol. The zero-order chi connectivity index (χ0) is 13.1. The molecule has 4 heteroatoms. The van der Waals surface area contributed by atoms with Gasteiger partial charge >= 0.3 is 0 Å². The highest BCUT2D eigenvalue weighted by atomic mass is 16.7. The van der Waals surface area contributed by atoms with E-state index in [2.05, 4.69) is 5.32 Å². The number of hydrogen-bond donors (Lipinski definition) is 1. The van der Waals surface area contributed by atoms with Crippen molar-refractivity contribution < 1.29 is 14.3 Å². The van der Waals surface area contributed by atoms with Gasteiger partial charge in [0.1, 0.15) is 6.10 Å². The quantitative estimate of drug-likeness (QED) is 0.854. The first-order valence-electron chi connectivity index (χ1n) is 7.87. The fourth-order valence-corrected chi connectivity index (χ4v) is 3.62. The topological polar surface area (TPSA) is 47.6 Å². The third-order valence-electron chi connectivity index (χ3n) is 4.76. The molecular formula is C15H25NO3. The third kappa shape index (κ3) is 3.11. The van der Waals surface area contributed by atoms with Crippen LogP contribution in [0.3, 0.4) is 0 Å². The third-order valence-corrected chi connectivity index (χ3v) is 4.76. The van der Waals surface area contributed by atoms with Crippen LogP contribution in [0.1, 0.15) is 57.8 Å². The Hall–Kier alpha value is -0.610. The van der Waals surface area contributed by atoms with E-state index in [1.54, 1.807) is 0 Å². The van der Waals surface area contributed by atoms with E-state index < -0.39 is 0 Å². The molecule has 3 fully saturated rings. The van der Waals surface area contributed by atoms with Gasteiger partial charge in [0.2, 0.25) is 5.91 Å². The molecular weight excluding hydrogens is 242 g/mol. The van der Waals surface area contributed by atoms with Gasteiger partial charge < -0.3 is 14.8 Å². The first-order chi connectivity index (χ1) is 9.27. The van der Waals surface area contributed by atoms with Crippen molar-refractivity contribution in [3.63, 3.8) is 0 Å². The van der Waals surface area contributed by atoms with Gasteiger partial charge in [-0.15, -0.1) is 0 Å². The Balaban J connectivity index is 1.41. The van der Waals surface area contributed by atoms with Crippen molar-refractivity contribution in [1.82, 2.24) is 5.32 Å². The van der Waals surface area contributed by atoms with E-state index >= 15 is 0 Å². The van der Waals surface area contributed by atoms with Crippen LogP contribution in [0.15, 0.2) is 0 Å². The van der Waals surface area contributed by atoms with Gasteiger partial charge in [0.05, 0.1) is 6.61 Å². The maximum Gasteiger partial charge on any atom is 0.223 e. The highest BCUT2D eigenvalue weighted by molar-refractivity contribution is 5.78. The van der Waals surface area contributed by atoms with Gasteiger partial charge in [-0.1, -0.05) is 19.3 Å². The summed E-state index contributed by atoms with van der Waals surface area (Å²) >= 11 is 0. The number of hydrogen-bond acceptors (Lipinski definition) is 3. The fourth-order valence-electron chi connectivity index (χ4n) is 3.62. The van der Waals surface area contributed by atoms with Crippen molar-refractivity contribution in [3.05, 3.63) is 0 Å². The molecule has 1 aliphatic heterocycles. The van der Waals surface area contributed by atoms with Gasteiger partial charge in [-0.3, -0.25) is 4.79 Å². The van der Waals surface area contributed by atoms with Crippen LogP contribution < -0.4 is 5.32 Å². The molecule has 108 valence electrons. The number of carbonyl (C=O) groups excluding carboxylic acids is 1. The second-order valence-electron chi connectivity index (χ2n) is 6.25. The second-order valence-corrected chi connectivity index (χ2v) is 6.25. The van der Waals surface area contributed by atoms with Crippen LogP contribution in [0.4, 0.5) is 0 Å². The van der Waals surface area contributed by atoms with Crippen LogP contribution >= 0.6 is 0 Å². The Morgan fingerprint density at radius 3 is 2.58 bits per heavy atom. The van der Waals surface area contributed by atoms with Crippen molar-refractivity contribution in [1.29, 1.82) is 0 Å². The minimum absolute atomic E-state index is 0.0469. The van der Waals surface area contributed by atoms with Crippen molar-refractivity contribution in [2.45, 2.75) is 69.7 Å². The second kappa shape index (κ2) is 5.80. The lowest BCUT2D eigenvalue weighted by atomic mass is 9.89. The molecule has 0 aromatic carbocycles. The number of carbonyl (C=O) groups is 1. The zero-order valence-corrected chi connectivity index (χ0v) is 11.7. The maximum atomic E-state index is 12.1. The molecule has 0 bridgehead atoms. The van der Waals surface area contributed by atoms with Crippen LogP contribution in [0.2, 0.25) is 0 Å². The van der Waals surface area contributed by atoms with Crippen LogP contribution in [-0.2, 0) is 14.3 Å². The SMILES string of the molecule is O=C(NCC1COC2(CCCC2)O1)C1CCCCC1. The van der Waals surface area contributed by atoms with Gasteiger partial charge in [-0.05, 0) is 25.7 Å². The van der Waals surface area contributed by atoms with Gasteiger partial charge in [0.25, 0.3) is 0 Å². The molecule has 2 saturated carbocycles. The predicted octanol–water partition coefficient (Wildman–Crippen LogP) is 2.37. The van der Waals surface area contributed by atoms with Crippen molar-refractivity contribution in [2.75, 3.05) is 13.2 Å². The average Bonchev–Trinajstić information content (AvgIpc) is 3.08. The Morgan fingerprint density at radius 1 is 1.11 bits per heavy atom. The molecule has 2 aliphatic carbocycles. The molecule has 1 atom stereocenters. The first kappa shape index (κ1) is 13.4. The van der Waals surface area contributed by atoms with Crippen LogP contribution in [0.5, 0.6) is 0 Å². The lowest BCUT2D eigenvalue weighted by Gasteiger charge is -2.23. The maximum absolute atomic E-state index is 12.1. The monoisotopic (exact) mass is 267 g/mol. The Labute approximate surface area is 115 Å². The summed E-state index contributed by atoms with van der Waals surface area (Å²) in [5.41, 5.74) is 0. The van der Waals surface area contributed by atoms with E-state index in [0.29, 0.717) is 13.2 Å². The summed E-state index contributed by atoms with van der Waals surface area (Å²) in [6, 6.07) is 0. The van der Waals surface area contributed by atoms with Crippen LogP contribution in [0, 0.1) is 5.92 Å². The Bertz CT molecular complexity index is 319. The summed E-state index contributed by atoms with van der Waals surface area (Å²) in [4.78, 5) is 12.1. The van der Waals surface area contributed by atoms with E-state index in [0.717, 1.165) is 25.7 Å². The molecule has 1 heterocycles. The highest BCUT2D eigenvalue weighted by Gasteiger charge is 2.43. The molecule has 4 nitrogen and oxygen atoms in total. The van der Waals surface area contributed by atoms with E-state index in [1.807, 2.05) is 0 Å². The van der Waals surface area contributed by atoms with Crippen LogP contribution in [-0.4, -0.2) is 30.9 Å². The molecule has 0 aromatic heterocycles. The molecule has 1 spiro atoms. The fraction of sp³-hybridized carbons (Fsp3) is 0.933. The zero-order valence-electron chi connectivity index (χ0n) is 11.7. The van der Waals surface area contributed by atoms with Crippen molar-refractivity contribution in [2.24, 2.45) is 5.92 Å². The summed E-state index contributed by atoms with van der Waals surface area (Å²) in [7, 11) is 0. The molecule has 3 aliphatic rings. The van der Waals surface area contributed by atoms with Gasteiger partial charge in [0, 0.05) is 25.3 Å². The summed E-state index contributed by atoms with van der Waals surface area (Å²) in [5, 5.41) is 3.06. The lowest BCUT2D eigenvalue weighted by Crippen LogP contribution is -2.38. The van der Waals surface area contributed by atoms with Crippen LogP contribution in [0.25, 0.3) is 0 Å². The molecule has 1 unspecified atom stereocenters. The van der Waals surface area contributed by atoms with Gasteiger partial charge in [-0.25, -0.2) is 0 Å². The Kier molecular flexibility index (Phi) is 4.08. The molecule has 1 N–H and O–H groups in total. The first-order valence-corrected chi connectivity index (χ1v) is 7.87. The smallest absolute Gasteiger partial charge is 0.223 e. The van der Waals surface area contributed by atoms with Gasteiger partial charge in [-0.2, -0.15) is 0 Å². The van der Waals surface area contributed by atoms with Crippen molar-refractivity contribution in [3.8, 4) is 0 Å². The minimum Gasteiger partial charge on any atom is -0.353 e. The lowest BCUT2D eigenvalue weighted by molar-refractivity contribution is -0.161. The molecule has 0 aromatic rings. The van der Waals surface area contributed by atoms with E-state index in [-0.39, 0.29) is 23.7 Å². The summed E-state index contributed by atoms with van der Waals surface area (Å²) in [6.45, 7) is 1.24. The number of nitrogens with one attached hydrogen (secondary N) is 1. The number of amides is 1. The standard InChI is InChI=1S/C15H25NO3/c17-14(12-6-2-1-3-7-12)16-10-13-11-18-15(19-13)8-4-5-9-15/h12-13H,1-11H2,(H,16,17). The van der Waals surface area contributed by atoms with Crippen molar-refractivity contribution >= 4 is 5.91 Å². The summed E-state index contributed by atoms with van der Waals surface area (Å²) < 4.78 is 11.8. The molecule has 1 saturated heterocycles. The molecule has 1 amide bonds. The minimum atomic E-state index is -0.305. The van der Waals surface area contributed by atoms with E-state index in [4.69, 9.17) is 9.47 Å². The number of ether oxygens (including phenoxy) is 2. The van der Waals surface area contributed by atoms with Gasteiger partial charge in [0.15, 0.2) is 5.79 Å². The Morgan fingerprint density at radius 2 is 1.84 bits per heavy atom. The average molecular weight is 267 g/mol. The van der Waals surface area contributed by atoms with E-state index in [9.17, 15) is 4.79 Å². The summed E-state index contributed by atoms with van der Waals surface area (Å²) in [6.07, 6.45) is 10.3. The highest BCUT2D eigenvalue weighted by Crippen LogP contribution is 2.39.